The second-order valence-corrected chi connectivity index (χ2v) is 8.16. The van der Waals surface area contributed by atoms with E-state index >= 15 is 0 Å². The predicted octanol–water partition coefficient (Wildman–Crippen LogP) is 2.76. The van der Waals surface area contributed by atoms with Crippen molar-refractivity contribution in [3.63, 3.8) is 0 Å². The van der Waals surface area contributed by atoms with Gasteiger partial charge in [0.15, 0.2) is 11.5 Å². The van der Waals surface area contributed by atoms with Gasteiger partial charge >= 0.3 is 0 Å². The van der Waals surface area contributed by atoms with E-state index < -0.39 is 10.0 Å². The molecule has 0 aliphatic carbocycles. The highest BCUT2D eigenvalue weighted by molar-refractivity contribution is 7.92. The molecule has 2 aliphatic heterocycles. The number of para-hydroxylation sites is 1. The molecule has 0 saturated heterocycles. The lowest BCUT2D eigenvalue weighted by Crippen LogP contribution is -2.30. The molecule has 0 amide bonds. The third-order valence-corrected chi connectivity index (χ3v) is 6.49. The average Bonchev–Trinajstić information content (AvgIpc) is 3.09. The van der Waals surface area contributed by atoms with Gasteiger partial charge < -0.3 is 9.47 Å². The summed E-state index contributed by atoms with van der Waals surface area (Å²) in [4.78, 5) is 4.79. The molecule has 2 aliphatic rings. The number of hydrogen-bond donors (Lipinski definition) is 0. The first-order chi connectivity index (χ1) is 12.6. The van der Waals surface area contributed by atoms with Gasteiger partial charge in [-0.15, -0.1) is 0 Å². The zero-order valence-electron chi connectivity index (χ0n) is 13.9. The number of ether oxygens (including phenoxy) is 2. The van der Waals surface area contributed by atoms with Crippen molar-refractivity contribution in [2.75, 3.05) is 24.1 Å². The second kappa shape index (κ2) is 5.60. The van der Waals surface area contributed by atoms with E-state index in [4.69, 9.17) is 9.47 Å². The van der Waals surface area contributed by atoms with Gasteiger partial charge in [-0.1, -0.05) is 18.2 Å². The zero-order valence-corrected chi connectivity index (χ0v) is 14.7. The van der Waals surface area contributed by atoms with Crippen LogP contribution in [-0.4, -0.2) is 33.2 Å². The summed E-state index contributed by atoms with van der Waals surface area (Å²) >= 11 is 0. The fourth-order valence-electron chi connectivity index (χ4n) is 3.42. The highest BCUT2D eigenvalue weighted by atomic mass is 32.2. The topological polar surface area (TPSA) is 68.7 Å². The van der Waals surface area contributed by atoms with Crippen molar-refractivity contribution < 1.29 is 17.9 Å². The fraction of sp³-hybridized carbons (Fsp3) is 0.211. The number of rotatable bonds is 2. The zero-order chi connectivity index (χ0) is 17.7. The summed E-state index contributed by atoms with van der Waals surface area (Å²) in [6.45, 7) is 1.27. The monoisotopic (exact) mass is 368 g/mol. The Morgan fingerprint density at radius 3 is 2.65 bits per heavy atom. The van der Waals surface area contributed by atoms with Gasteiger partial charge in [0.05, 0.1) is 10.4 Å². The maximum absolute atomic E-state index is 13.2. The van der Waals surface area contributed by atoms with E-state index in [9.17, 15) is 8.42 Å². The molecule has 3 aromatic rings. The number of nitrogens with zero attached hydrogens (tertiary/aromatic N) is 2. The molecule has 6 nitrogen and oxygen atoms in total. The highest BCUT2D eigenvalue weighted by Gasteiger charge is 2.33. The molecule has 1 aromatic heterocycles. The summed E-state index contributed by atoms with van der Waals surface area (Å²) in [7, 11) is -3.72. The van der Waals surface area contributed by atoms with Crippen LogP contribution in [0.15, 0.2) is 53.4 Å². The molecule has 26 heavy (non-hydrogen) atoms. The molecule has 0 radical (unpaired) electrons. The maximum atomic E-state index is 13.2. The molecule has 0 atom stereocenters. The minimum atomic E-state index is -3.72. The summed E-state index contributed by atoms with van der Waals surface area (Å²) in [6.07, 6.45) is 0.650. The van der Waals surface area contributed by atoms with Crippen LogP contribution in [-0.2, 0) is 16.4 Å². The normalized spacial score (nSPS) is 15.9. The Hall–Kier alpha value is -2.80. The third kappa shape index (κ3) is 2.31. The highest BCUT2D eigenvalue weighted by Crippen LogP contribution is 2.37. The second-order valence-electron chi connectivity index (χ2n) is 6.30. The van der Waals surface area contributed by atoms with Gasteiger partial charge in [-0.25, -0.2) is 17.7 Å². The lowest BCUT2D eigenvalue weighted by atomic mass is 10.1. The van der Waals surface area contributed by atoms with Gasteiger partial charge in [0.25, 0.3) is 10.0 Å². The summed E-state index contributed by atoms with van der Waals surface area (Å²) < 4.78 is 38.8. The SMILES string of the molecule is O=S(=O)(c1ccc2c(c1)OCCO2)N1CCc2cc3ccccc3nc21. The van der Waals surface area contributed by atoms with Crippen molar-refractivity contribution in [1.82, 2.24) is 4.98 Å². The van der Waals surface area contributed by atoms with Crippen LogP contribution in [0.5, 0.6) is 11.5 Å². The van der Waals surface area contributed by atoms with Crippen LogP contribution >= 0.6 is 0 Å². The van der Waals surface area contributed by atoms with Gasteiger partial charge in [0, 0.05) is 18.0 Å². The van der Waals surface area contributed by atoms with Gasteiger partial charge in [0.2, 0.25) is 0 Å². The Labute approximate surface area is 151 Å². The quantitative estimate of drug-likeness (QED) is 0.696. The number of hydrogen-bond acceptors (Lipinski definition) is 5. The molecule has 0 saturated carbocycles. The van der Waals surface area contributed by atoms with E-state index in [1.165, 1.54) is 10.4 Å². The molecule has 0 N–H and O–H groups in total. The van der Waals surface area contributed by atoms with E-state index in [0.29, 0.717) is 43.5 Å². The van der Waals surface area contributed by atoms with Crippen LogP contribution in [0.4, 0.5) is 5.82 Å². The molecular formula is C19H16N2O4S. The molecule has 0 unspecified atom stereocenters. The Morgan fingerprint density at radius 1 is 0.962 bits per heavy atom. The molecule has 3 heterocycles. The smallest absolute Gasteiger partial charge is 0.265 e. The summed E-state index contributed by atoms with van der Waals surface area (Å²) in [6, 6.07) is 14.5. The van der Waals surface area contributed by atoms with Crippen LogP contribution < -0.4 is 13.8 Å². The van der Waals surface area contributed by atoms with Gasteiger partial charge in [-0.05, 0) is 36.2 Å². The molecule has 2 aromatic carbocycles. The standard InChI is InChI=1S/C19H16N2O4S/c22-26(23,15-5-6-17-18(12-15)25-10-9-24-17)21-8-7-14-11-13-3-1-2-4-16(13)20-19(14)21/h1-6,11-12H,7-10H2. The largest absolute Gasteiger partial charge is 0.486 e. The number of sulfonamides is 1. The Balaban J connectivity index is 1.59. The van der Waals surface area contributed by atoms with E-state index in [0.717, 1.165) is 16.5 Å². The first kappa shape index (κ1) is 15.5. The number of anilines is 1. The molecule has 0 spiro atoms. The third-order valence-electron chi connectivity index (χ3n) is 4.70. The first-order valence-electron chi connectivity index (χ1n) is 8.44. The lowest BCUT2D eigenvalue weighted by molar-refractivity contribution is 0.171. The summed E-state index contributed by atoms with van der Waals surface area (Å²) in [5.41, 5.74) is 1.74. The maximum Gasteiger partial charge on any atom is 0.265 e. The van der Waals surface area contributed by atoms with E-state index in [1.54, 1.807) is 12.1 Å². The number of pyridine rings is 1. The lowest BCUT2D eigenvalue weighted by Gasteiger charge is -2.22. The Bertz CT molecular complexity index is 1130. The van der Waals surface area contributed by atoms with E-state index in [2.05, 4.69) is 4.98 Å². The van der Waals surface area contributed by atoms with Gasteiger partial charge in [-0.3, -0.25) is 0 Å². The Morgan fingerprint density at radius 2 is 1.77 bits per heavy atom. The molecule has 132 valence electrons. The fourth-order valence-corrected chi connectivity index (χ4v) is 4.89. The van der Waals surface area contributed by atoms with Gasteiger partial charge in [0.1, 0.15) is 19.0 Å². The first-order valence-corrected chi connectivity index (χ1v) is 9.88. The van der Waals surface area contributed by atoms with Crippen molar-refractivity contribution in [3.8, 4) is 11.5 Å². The number of aromatic nitrogens is 1. The van der Waals surface area contributed by atoms with Crippen LogP contribution in [0.25, 0.3) is 10.9 Å². The molecular weight excluding hydrogens is 352 g/mol. The average molecular weight is 368 g/mol. The van der Waals surface area contributed by atoms with Crippen LogP contribution in [0.1, 0.15) is 5.56 Å². The molecule has 0 fully saturated rings. The van der Waals surface area contributed by atoms with Crippen molar-refractivity contribution in [2.45, 2.75) is 11.3 Å². The number of benzene rings is 2. The van der Waals surface area contributed by atoms with Crippen LogP contribution in [0, 0.1) is 0 Å². The molecule has 0 bridgehead atoms. The Kier molecular flexibility index (Phi) is 3.33. The van der Waals surface area contributed by atoms with E-state index in [1.807, 2.05) is 30.3 Å². The van der Waals surface area contributed by atoms with Crippen molar-refractivity contribution >= 4 is 26.7 Å². The van der Waals surface area contributed by atoms with Crippen molar-refractivity contribution in [2.24, 2.45) is 0 Å². The predicted molar refractivity (Wildman–Crippen MR) is 97.4 cm³/mol. The number of fused-ring (bicyclic) bond motifs is 3. The van der Waals surface area contributed by atoms with Gasteiger partial charge in [-0.2, -0.15) is 0 Å². The van der Waals surface area contributed by atoms with Crippen LogP contribution in [0.2, 0.25) is 0 Å². The molecule has 5 rings (SSSR count). The summed E-state index contributed by atoms with van der Waals surface area (Å²) in [5, 5.41) is 1.02. The summed E-state index contributed by atoms with van der Waals surface area (Å²) in [5.74, 6) is 1.54. The van der Waals surface area contributed by atoms with Crippen molar-refractivity contribution in [1.29, 1.82) is 0 Å². The van der Waals surface area contributed by atoms with Crippen molar-refractivity contribution in [3.05, 3.63) is 54.1 Å². The van der Waals surface area contributed by atoms with E-state index in [-0.39, 0.29) is 4.90 Å². The minimum absolute atomic E-state index is 0.185. The molecule has 7 heteroatoms. The van der Waals surface area contributed by atoms with Crippen LogP contribution in [0.3, 0.4) is 0 Å². The minimum Gasteiger partial charge on any atom is -0.486 e.